The zero-order valence-electron chi connectivity index (χ0n) is 14.8. The number of aromatic nitrogens is 2. The molecular formula is C20H16ClF3N2O2. The van der Waals surface area contributed by atoms with Crippen molar-refractivity contribution in [2.75, 3.05) is 6.61 Å². The van der Waals surface area contributed by atoms with Crippen LogP contribution in [0.3, 0.4) is 0 Å². The van der Waals surface area contributed by atoms with Crippen molar-refractivity contribution in [3.63, 3.8) is 0 Å². The molecule has 0 atom stereocenters. The van der Waals surface area contributed by atoms with Crippen LogP contribution in [-0.4, -0.2) is 22.4 Å². The number of esters is 1. The van der Waals surface area contributed by atoms with E-state index in [2.05, 4.69) is 5.10 Å². The fourth-order valence-corrected chi connectivity index (χ4v) is 2.79. The molecule has 0 bridgehead atoms. The number of nitrogens with zero attached hydrogens (tertiary/aromatic N) is 2. The lowest BCUT2D eigenvalue weighted by Gasteiger charge is -2.09. The summed E-state index contributed by atoms with van der Waals surface area (Å²) in [6.45, 7) is 1.58. The molecule has 0 N–H and O–H groups in total. The Balaban J connectivity index is 1.94. The summed E-state index contributed by atoms with van der Waals surface area (Å²) in [6, 6.07) is 14.4. The average molecular weight is 409 g/mol. The maximum absolute atomic E-state index is 13.2. The van der Waals surface area contributed by atoms with Crippen molar-refractivity contribution in [1.29, 1.82) is 0 Å². The van der Waals surface area contributed by atoms with Gasteiger partial charge < -0.3 is 4.74 Å². The van der Waals surface area contributed by atoms with E-state index in [0.29, 0.717) is 28.4 Å². The number of ether oxygens (including phenoxy) is 1. The van der Waals surface area contributed by atoms with Crippen molar-refractivity contribution in [3.8, 4) is 16.9 Å². The first-order chi connectivity index (χ1) is 13.2. The number of carbonyl (C=O) groups excluding carboxylic acids is 1. The molecule has 0 amide bonds. The molecule has 2 aromatic carbocycles. The van der Waals surface area contributed by atoms with Crippen LogP contribution in [0.15, 0.2) is 54.6 Å². The van der Waals surface area contributed by atoms with Gasteiger partial charge in [0.25, 0.3) is 0 Å². The molecule has 0 saturated carbocycles. The summed E-state index contributed by atoms with van der Waals surface area (Å²) in [5.41, 5.74) is 1.28. The van der Waals surface area contributed by atoms with Gasteiger partial charge in [0, 0.05) is 23.9 Å². The molecular weight excluding hydrogens is 393 g/mol. The van der Waals surface area contributed by atoms with Crippen LogP contribution in [0.1, 0.15) is 18.2 Å². The van der Waals surface area contributed by atoms with Gasteiger partial charge in [-0.15, -0.1) is 0 Å². The molecule has 0 aliphatic rings. The van der Waals surface area contributed by atoms with Gasteiger partial charge in [0.05, 0.1) is 18.0 Å². The molecule has 0 saturated heterocycles. The Morgan fingerprint density at radius 2 is 1.75 bits per heavy atom. The summed E-state index contributed by atoms with van der Waals surface area (Å²) in [4.78, 5) is 10.8. The molecule has 1 heterocycles. The Morgan fingerprint density at radius 3 is 2.32 bits per heavy atom. The number of benzene rings is 2. The number of rotatable bonds is 5. The number of alkyl halides is 3. The molecule has 1 aromatic heterocycles. The smallest absolute Gasteiger partial charge is 0.435 e. The van der Waals surface area contributed by atoms with E-state index >= 15 is 0 Å². The van der Waals surface area contributed by atoms with E-state index < -0.39 is 11.9 Å². The summed E-state index contributed by atoms with van der Waals surface area (Å²) >= 11 is 5.87. The predicted molar refractivity (Wildman–Crippen MR) is 99.3 cm³/mol. The van der Waals surface area contributed by atoms with E-state index in [-0.39, 0.29) is 12.6 Å². The van der Waals surface area contributed by atoms with Gasteiger partial charge in [-0.25, -0.2) is 4.68 Å². The van der Waals surface area contributed by atoms with Crippen LogP contribution in [0, 0.1) is 0 Å². The Kier molecular flexibility index (Phi) is 5.74. The van der Waals surface area contributed by atoms with Crippen molar-refractivity contribution in [3.05, 3.63) is 70.9 Å². The van der Waals surface area contributed by atoms with Gasteiger partial charge in [-0.2, -0.15) is 18.3 Å². The van der Waals surface area contributed by atoms with Crippen LogP contribution in [0.5, 0.6) is 0 Å². The Labute approximate surface area is 164 Å². The highest BCUT2D eigenvalue weighted by atomic mass is 35.5. The molecule has 0 fully saturated rings. The highest BCUT2D eigenvalue weighted by Crippen LogP contribution is 2.33. The fraction of sp³-hybridized carbons (Fsp3) is 0.200. The lowest BCUT2D eigenvalue weighted by atomic mass is 10.1. The zero-order valence-corrected chi connectivity index (χ0v) is 15.6. The molecule has 0 aliphatic heterocycles. The number of hydrogen-bond acceptors (Lipinski definition) is 3. The molecule has 0 radical (unpaired) electrons. The second-order valence-corrected chi connectivity index (χ2v) is 6.52. The van der Waals surface area contributed by atoms with Gasteiger partial charge >= 0.3 is 12.1 Å². The van der Waals surface area contributed by atoms with E-state index in [1.54, 1.807) is 48.5 Å². The Bertz CT molecular complexity index is 965. The third kappa shape index (κ3) is 4.72. The van der Waals surface area contributed by atoms with Gasteiger partial charge in [0.15, 0.2) is 5.69 Å². The summed E-state index contributed by atoms with van der Waals surface area (Å²) in [6.07, 6.45) is -4.04. The van der Waals surface area contributed by atoms with E-state index in [1.807, 2.05) is 0 Å². The van der Waals surface area contributed by atoms with E-state index in [4.69, 9.17) is 16.3 Å². The predicted octanol–water partition coefficient (Wildman–Crippen LogP) is 5.32. The quantitative estimate of drug-likeness (QED) is 0.537. The molecule has 3 rings (SSSR count). The van der Waals surface area contributed by atoms with Crippen molar-refractivity contribution in [2.24, 2.45) is 0 Å². The van der Waals surface area contributed by atoms with Crippen molar-refractivity contribution in [1.82, 2.24) is 9.78 Å². The largest absolute Gasteiger partial charge is 0.466 e. The SMILES string of the molecule is CC(=O)OCCc1ccc(-c2cc(C(F)(F)F)nn2-c2ccc(Cl)cc2)cc1. The van der Waals surface area contributed by atoms with E-state index in [1.165, 1.54) is 11.6 Å². The minimum atomic E-state index is -4.56. The van der Waals surface area contributed by atoms with Gasteiger partial charge in [0.2, 0.25) is 0 Å². The standard InChI is InChI=1S/C20H16ClF3N2O2/c1-13(27)28-11-10-14-2-4-15(5-3-14)18-12-19(20(22,23)24)25-26(18)17-8-6-16(21)7-9-17/h2-9,12H,10-11H2,1H3. The maximum atomic E-state index is 13.2. The van der Waals surface area contributed by atoms with Crippen molar-refractivity contribution in [2.45, 2.75) is 19.5 Å². The Morgan fingerprint density at radius 1 is 1.11 bits per heavy atom. The lowest BCUT2D eigenvalue weighted by molar-refractivity contribution is -0.142. The summed E-state index contributed by atoms with van der Waals surface area (Å²) in [5.74, 6) is -0.358. The summed E-state index contributed by atoms with van der Waals surface area (Å²) in [7, 11) is 0. The molecule has 0 spiro atoms. The first-order valence-corrected chi connectivity index (χ1v) is 8.78. The normalized spacial score (nSPS) is 11.5. The second-order valence-electron chi connectivity index (χ2n) is 6.09. The molecule has 3 aromatic rings. The lowest BCUT2D eigenvalue weighted by Crippen LogP contribution is -2.07. The summed E-state index contributed by atoms with van der Waals surface area (Å²) < 4.78 is 45.8. The van der Waals surface area contributed by atoms with Gasteiger partial charge in [-0.05, 0) is 35.9 Å². The van der Waals surface area contributed by atoms with Crippen molar-refractivity contribution < 1.29 is 22.7 Å². The number of hydrogen-bond donors (Lipinski definition) is 0. The first kappa shape index (κ1) is 19.9. The molecule has 4 nitrogen and oxygen atoms in total. The highest BCUT2D eigenvalue weighted by molar-refractivity contribution is 6.30. The van der Waals surface area contributed by atoms with Gasteiger partial charge in [-0.3, -0.25) is 4.79 Å². The number of halogens is 4. The average Bonchev–Trinajstić information content (AvgIpc) is 3.08. The third-order valence-corrected chi connectivity index (χ3v) is 4.27. The molecule has 0 aliphatic carbocycles. The van der Waals surface area contributed by atoms with Gasteiger partial charge in [-0.1, -0.05) is 35.9 Å². The Hall–Kier alpha value is -2.80. The first-order valence-electron chi connectivity index (χ1n) is 8.40. The topological polar surface area (TPSA) is 44.1 Å². The van der Waals surface area contributed by atoms with Gasteiger partial charge in [0.1, 0.15) is 0 Å². The van der Waals surface area contributed by atoms with Crippen LogP contribution in [0.4, 0.5) is 13.2 Å². The van der Waals surface area contributed by atoms with Crippen LogP contribution < -0.4 is 0 Å². The van der Waals surface area contributed by atoms with E-state index in [9.17, 15) is 18.0 Å². The second kappa shape index (κ2) is 8.06. The third-order valence-electron chi connectivity index (χ3n) is 4.02. The maximum Gasteiger partial charge on any atom is 0.435 e. The summed E-state index contributed by atoms with van der Waals surface area (Å²) in [5, 5.41) is 4.22. The molecule has 0 unspecified atom stereocenters. The molecule has 146 valence electrons. The fourth-order valence-electron chi connectivity index (χ4n) is 2.66. The highest BCUT2D eigenvalue weighted by Gasteiger charge is 2.35. The zero-order chi connectivity index (χ0) is 20.3. The monoisotopic (exact) mass is 408 g/mol. The van der Waals surface area contributed by atoms with Crippen LogP contribution in [-0.2, 0) is 22.1 Å². The van der Waals surface area contributed by atoms with E-state index in [0.717, 1.165) is 11.6 Å². The van der Waals surface area contributed by atoms with Crippen molar-refractivity contribution >= 4 is 17.6 Å². The van der Waals surface area contributed by atoms with Crippen LogP contribution in [0.2, 0.25) is 5.02 Å². The van der Waals surface area contributed by atoms with Crippen LogP contribution in [0.25, 0.3) is 16.9 Å². The number of carbonyl (C=O) groups is 1. The minimum absolute atomic E-state index is 0.246. The minimum Gasteiger partial charge on any atom is -0.466 e. The molecule has 8 heteroatoms. The van der Waals surface area contributed by atoms with Crippen LogP contribution >= 0.6 is 11.6 Å². The molecule has 28 heavy (non-hydrogen) atoms.